The van der Waals surface area contributed by atoms with Gasteiger partial charge >= 0.3 is 6.93 Å². The minimum atomic E-state index is -0.856. The van der Waals surface area contributed by atoms with Crippen LogP contribution in [-0.2, 0) is 0 Å². The van der Waals surface area contributed by atoms with Crippen molar-refractivity contribution < 1.29 is 4.35 Å². The van der Waals surface area contributed by atoms with Gasteiger partial charge in [-0.2, -0.15) is 4.35 Å². The Balaban J connectivity index is 2.39. The molecule has 34 heavy (non-hydrogen) atoms. The highest BCUT2D eigenvalue weighted by molar-refractivity contribution is 9.38. The van der Waals surface area contributed by atoms with Gasteiger partial charge in [-0.15, -0.1) is 0 Å². The number of para-hydroxylation sites is 2. The molecule has 0 fully saturated rings. The number of nitrogens with zero attached hydrogens (tertiary/aromatic N) is 2. The van der Waals surface area contributed by atoms with Crippen molar-refractivity contribution in [2.24, 2.45) is 0 Å². The molecule has 0 aromatic heterocycles. The van der Waals surface area contributed by atoms with E-state index in [9.17, 15) is 0 Å². The van der Waals surface area contributed by atoms with Crippen LogP contribution < -0.4 is 4.67 Å². The van der Waals surface area contributed by atoms with Crippen LogP contribution in [0.3, 0.4) is 0 Å². The van der Waals surface area contributed by atoms with Crippen LogP contribution in [0.25, 0.3) is 0 Å². The van der Waals surface area contributed by atoms with E-state index >= 15 is 0 Å². The lowest BCUT2D eigenvalue weighted by atomic mass is 9.92. The van der Waals surface area contributed by atoms with Crippen LogP contribution in [-0.4, -0.2) is 10.1 Å². The van der Waals surface area contributed by atoms with E-state index in [-0.39, 0.29) is 0 Å². The van der Waals surface area contributed by atoms with Gasteiger partial charge in [-0.3, -0.25) is 4.67 Å². The molecule has 0 spiro atoms. The lowest BCUT2D eigenvalue weighted by molar-refractivity contribution is -0.256. The second kappa shape index (κ2) is 10.7. The van der Waals surface area contributed by atoms with Gasteiger partial charge in [0.1, 0.15) is 0 Å². The van der Waals surface area contributed by atoms with Gasteiger partial charge < -0.3 is 0 Å². The molecule has 0 N–H and O–H groups in total. The topological polar surface area (TPSA) is 6.25 Å². The third-order valence-electron chi connectivity index (χ3n) is 7.16. The van der Waals surface area contributed by atoms with Crippen LogP contribution in [0.1, 0.15) is 122 Å². The number of rotatable bonds is 6. The fourth-order valence-corrected chi connectivity index (χ4v) is 9.07. The molecule has 184 valence electrons. The van der Waals surface area contributed by atoms with E-state index < -0.39 is 6.93 Å². The van der Waals surface area contributed by atoms with Crippen molar-refractivity contribution in [1.29, 1.82) is 0 Å². The van der Waals surface area contributed by atoms with Crippen molar-refractivity contribution in [3.8, 4) is 0 Å². The van der Waals surface area contributed by atoms with Gasteiger partial charge in [-0.25, -0.2) is 0 Å². The van der Waals surface area contributed by atoms with Gasteiger partial charge in [0, 0.05) is 44.8 Å². The fourth-order valence-electron chi connectivity index (χ4n) is 4.93. The van der Waals surface area contributed by atoms with Crippen LogP contribution in [0.2, 0.25) is 0 Å². The van der Waals surface area contributed by atoms with Gasteiger partial charge in [-0.1, -0.05) is 91.8 Å². The lowest BCUT2D eigenvalue weighted by Gasteiger charge is -2.36. The van der Waals surface area contributed by atoms with Crippen molar-refractivity contribution in [2.75, 3.05) is 4.67 Å². The second-order valence-electron chi connectivity index (χ2n) is 10.8. The van der Waals surface area contributed by atoms with E-state index in [0.717, 1.165) is 0 Å². The third-order valence-corrected chi connectivity index (χ3v) is 10.7. The summed E-state index contributed by atoms with van der Waals surface area (Å²) < 4.78 is 5.23. The summed E-state index contributed by atoms with van der Waals surface area (Å²) in [7, 11) is 0. The molecule has 2 nitrogen and oxygen atoms in total. The second-order valence-corrected chi connectivity index (χ2v) is 14.0. The van der Waals surface area contributed by atoms with Crippen molar-refractivity contribution in [1.82, 2.24) is 0 Å². The summed E-state index contributed by atoms with van der Waals surface area (Å²) in [4.78, 5) is 0. The molecule has 2 aromatic carbocycles. The minimum absolute atomic E-state index is 0.451. The molecule has 0 bridgehead atoms. The zero-order valence-corrected chi connectivity index (χ0v) is 25.5. The number of hydrogen-bond acceptors (Lipinski definition) is 1. The van der Waals surface area contributed by atoms with E-state index in [4.69, 9.17) is 0 Å². The van der Waals surface area contributed by atoms with E-state index in [1.54, 1.807) is 0 Å². The Kier molecular flexibility index (Phi) is 8.52. The number of hydrogen-bond donors (Lipinski definition) is 0. The fraction of sp³-hybridized carbons (Fsp3) is 0.500. The van der Waals surface area contributed by atoms with Gasteiger partial charge in [0.2, 0.25) is 5.69 Å². The highest BCUT2D eigenvalue weighted by Crippen LogP contribution is 2.62. The Hall–Kier alpha value is -1.44. The number of allylic oxidation sites excluding steroid dienone is 2. The van der Waals surface area contributed by atoms with Gasteiger partial charge in [0.15, 0.2) is 5.71 Å². The Bertz CT molecular complexity index is 1070. The molecule has 0 unspecified atom stereocenters. The zero-order valence-electron chi connectivity index (χ0n) is 23.0. The van der Waals surface area contributed by atoms with Crippen molar-refractivity contribution in [3.05, 3.63) is 69.9 Å². The number of benzene rings is 2. The summed E-state index contributed by atoms with van der Waals surface area (Å²) in [5.74, 6) is 1.80. The predicted octanol–water partition coefficient (Wildman–Crippen LogP) is 10.7. The van der Waals surface area contributed by atoms with Crippen molar-refractivity contribution >= 4 is 39.5 Å². The summed E-state index contributed by atoms with van der Waals surface area (Å²) in [5.41, 5.74) is 12.5. The maximum absolute atomic E-state index is 4.30. The van der Waals surface area contributed by atoms with E-state index in [1.807, 2.05) is 0 Å². The van der Waals surface area contributed by atoms with Crippen LogP contribution in [0.4, 0.5) is 11.4 Å². The third kappa shape index (κ3) is 4.80. The largest absolute Gasteiger partial charge is 0.376 e. The number of anilines is 1. The maximum atomic E-state index is 4.30. The Morgan fingerprint density at radius 2 is 1.06 bits per heavy atom. The van der Waals surface area contributed by atoms with Crippen LogP contribution in [0, 0.1) is 0 Å². The Morgan fingerprint density at radius 1 is 0.676 bits per heavy atom. The molecular weight excluding hydrogens is 499 g/mol. The van der Waals surface area contributed by atoms with Gasteiger partial charge in [0.05, 0.1) is 5.69 Å². The van der Waals surface area contributed by atoms with Crippen molar-refractivity contribution in [3.63, 3.8) is 0 Å². The molecule has 1 aliphatic heterocycles. The highest BCUT2D eigenvalue weighted by atomic mass is 79.9. The number of halogens is 1. The molecule has 0 saturated carbocycles. The van der Waals surface area contributed by atoms with E-state index in [0.29, 0.717) is 23.7 Å². The first kappa shape index (κ1) is 27.2. The van der Waals surface area contributed by atoms with Crippen molar-refractivity contribution in [2.45, 2.75) is 99.8 Å². The highest BCUT2D eigenvalue weighted by Gasteiger charge is 2.43. The summed E-state index contributed by atoms with van der Waals surface area (Å²) >= 11 is 4.30. The quantitative estimate of drug-likeness (QED) is 0.329. The molecule has 1 atom stereocenters. The van der Waals surface area contributed by atoms with Gasteiger partial charge in [-0.05, 0) is 48.6 Å². The first-order chi connectivity index (χ1) is 15.9. The Labute approximate surface area is 217 Å². The molecule has 1 aliphatic rings. The molecule has 2 aromatic rings. The van der Waals surface area contributed by atoms with Crippen LogP contribution in [0.15, 0.2) is 47.7 Å². The summed E-state index contributed by atoms with van der Waals surface area (Å²) in [6, 6.07) is 13.8. The molecule has 4 heteroatoms. The first-order valence-electron chi connectivity index (χ1n) is 12.7. The first-order valence-corrected chi connectivity index (χ1v) is 16.0. The van der Waals surface area contributed by atoms with Crippen LogP contribution >= 0.6 is 22.4 Å². The molecule has 0 saturated heterocycles. The molecule has 0 amide bonds. The molecule has 3 rings (SSSR count). The van der Waals surface area contributed by atoms with E-state index in [2.05, 4.69) is 137 Å². The predicted molar refractivity (Wildman–Crippen MR) is 157 cm³/mol. The zero-order chi connectivity index (χ0) is 25.5. The van der Waals surface area contributed by atoms with Gasteiger partial charge in [0.25, 0.3) is 0 Å². The summed E-state index contributed by atoms with van der Waals surface area (Å²) in [6.07, 6.45) is 0. The maximum Gasteiger partial charge on any atom is 0.376 e. The van der Waals surface area contributed by atoms with E-state index in [1.165, 1.54) is 50.6 Å². The SMILES string of the molecule is CC1=C(C)N(c2c(C(C)C)cccc2C(C)C)[P@@](Br)[N+](c2c(C(C)C)cccc2C(C)C)=C1C. The molecule has 1 heterocycles. The lowest BCUT2D eigenvalue weighted by Crippen LogP contribution is -2.30. The summed E-state index contributed by atoms with van der Waals surface area (Å²) in [6.45, 7) is 24.5. The average molecular weight is 543 g/mol. The molecular formula is C30H43BrN2P+. The summed E-state index contributed by atoms with van der Waals surface area (Å²) in [5, 5.41) is 0. The normalized spacial score (nSPS) is 17.3. The standard InChI is InChI=1S/C30H43BrN2P/c1-18(2)25-14-12-15-26(19(3)4)29(25)32-23(10)22(9)24(11)33(34(32)31)30-27(20(5)6)16-13-17-28(30)21(7)8/h12-21H,1-11H3/q+1. The smallest absolute Gasteiger partial charge is 0.259 e. The Morgan fingerprint density at radius 3 is 1.44 bits per heavy atom. The average Bonchev–Trinajstić information content (AvgIpc) is 2.77. The molecule has 0 radical (unpaired) electrons. The van der Waals surface area contributed by atoms with Crippen LogP contribution in [0.5, 0.6) is 0 Å². The molecule has 0 aliphatic carbocycles. The minimum Gasteiger partial charge on any atom is -0.259 e. The monoisotopic (exact) mass is 541 g/mol.